The number of likely N-dealkylation sites (tertiary alicyclic amines) is 1. The van der Waals surface area contributed by atoms with Crippen LogP contribution >= 0.6 is 0 Å². The minimum atomic E-state index is 0.244. The second-order valence-corrected chi connectivity index (χ2v) is 6.84. The van der Waals surface area contributed by atoms with Crippen molar-refractivity contribution >= 4 is 5.91 Å². The largest absolute Gasteiger partial charge is 0.341 e. The number of nitrogens with zero attached hydrogens (tertiary/aromatic N) is 2. The van der Waals surface area contributed by atoms with Crippen molar-refractivity contribution in [2.45, 2.75) is 25.3 Å². The van der Waals surface area contributed by atoms with E-state index in [1.54, 1.807) is 0 Å². The van der Waals surface area contributed by atoms with Crippen LogP contribution in [0.2, 0.25) is 0 Å². The molecule has 126 valence electrons. The Morgan fingerprint density at radius 3 is 2.38 bits per heavy atom. The summed E-state index contributed by atoms with van der Waals surface area (Å²) in [5.41, 5.74) is 3.49. The number of carbonyl (C=O) groups excluding carboxylic acids is 1. The fourth-order valence-corrected chi connectivity index (χ4v) is 3.33. The summed E-state index contributed by atoms with van der Waals surface area (Å²) in [6.45, 7) is 1.75. The zero-order valence-corrected chi connectivity index (χ0v) is 14.6. The molecule has 1 aliphatic rings. The second kappa shape index (κ2) is 7.63. The van der Waals surface area contributed by atoms with Crippen molar-refractivity contribution in [1.29, 1.82) is 0 Å². The smallest absolute Gasteiger partial charge is 0.227 e. The van der Waals surface area contributed by atoms with Crippen LogP contribution in [-0.2, 0) is 11.2 Å². The molecule has 3 nitrogen and oxygen atoms in total. The van der Waals surface area contributed by atoms with E-state index in [1.165, 1.54) is 17.5 Å². The number of hydrogen-bond donors (Lipinski definition) is 0. The monoisotopic (exact) mass is 322 g/mol. The molecule has 24 heavy (non-hydrogen) atoms. The molecule has 1 unspecified atom stereocenters. The molecule has 2 aromatic carbocycles. The van der Waals surface area contributed by atoms with E-state index in [0.717, 1.165) is 25.1 Å². The van der Waals surface area contributed by atoms with E-state index in [0.29, 0.717) is 12.5 Å². The van der Waals surface area contributed by atoms with Crippen LogP contribution in [0, 0.1) is 0 Å². The van der Waals surface area contributed by atoms with Crippen LogP contribution in [0.3, 0.4) is 0 Å². The highest BCUT2D eigenvalue weighted by atomic mass is 16.2. The van der Waals surface area contributed by atoms with Crippen molar-refractivity contribution in [3.63, 3.8) is 0 Å². The van der Waals surface area contributed by atoms with Gasteiger partial charge in [0.15, 0.2) is 0 Å². The molecule has 0 bridgehead atoms. The molecule has 3 heteroatoms. The molecule has 3 rings (SSSR count). The Bertz CT molecular complexity index is 664. The van der Waals surface area contributed by atoms with Crippen molar-refractivity contribution in [3.8, 4) is 11.1 Å². The lowest BCUT2D eigenvalue weighted by atomic mass is 10.0. The standard InChI is InChI=1S/C21H26N2O/c1-22(2)20-9-6-14-23(16-20)21(24)15-17-10-12-19(13-11-17)18-7-4-3-5-8-18/h3-5,7-8,10-13,20H,6,9,14-16H2,1-2H3. The zero-order chi connectivity index (χ0) is 16.9. The van der Waals surface area contributed by atoms with Gasteiger partial charge in [-0.3, -0.25) is 4.79 Å². The Morgan fingerprint density at radius 1 is 1.04 bits per heavy atom. The molecule has 0 spiro atoms. The predicted molar refractivity (Wildman–Crippen MR) is 98.9 cm³/mol. The fourth-order valence-electron chi connectivity index (χ4n) is 3.33. The van der Waals surface area contributed by atoms with Gasteiger partial charge in [0, 0.05) is 19.1 Å². The molecule has 0 N–H and O–H groups in total. The number of carbonyl (C=O) groups is 1. The van der Waals surface area contributed by atoms with Crippen LogP contribution in [0.4, 0.5) is 0 Å². The van der Waals surface area contributed by atoms with E-state index < -0.39 is 0 Å². The van der Waals surface area contributed by atoms with Gasteiger partial charge in [-0.05, 0) is 43.6 Å². The Kier molecular flexibility index (Phi) is 5.31. The van der Waals surface area contributed by atoms with Crippen LogP contribution in [-0.4, -0.2) is 48.9 Å². The first-order valence-electron chi connectivity index (χ1n) is 8.72. The van der Waals surface area contributed by atoms with E-state index in [2.05, 4.69) is 55.4 Å². The molecule has 1 heterocycles. The number of rotatable bonds is 4. The van der Waals surface area contributed by atoms with Gasteiger partial charge < -0.3 is 9.80 Å². The summed E-state index contributed by atoms with van der Waals surface area (Å²) in [5.74, 6) is 0.244. The maximum atomic E-state index is 12.6. The maximum Gasteiger partial charge on any atom is 0.227 e. The number of amides is 1. The molecule has 1 saturated heterocycles. The van der Waals surface area contributed by atoms with Gasteiger partial charge in [-0.2, -0.15) is 0 Å². The second-order valence-electron chi connectivity index (χ2n) is 6.84. The Hall–Kier alpha value is -2.13. The minimum absolute atomic E-state index is 0.244. The first kappa shape index (κ1) is 16.7. The summed E-state index contributed by atoms with van der Waals surface area (Å²) >= 11 is 0. The van der Waals surface area contributed by atoms with E-state index in [4.69, 9.17) is 0 Å². The lowest BCUT2D eigenvalue weighted by Gasteiger charge is -2.36. The molecule has 1 aliphatic heterocycles. The molecule has 1 amide bonds. The van der Waals surface area contributed by atoms with Crippen LogP contribution < -0.4 is 0 Å². The lowest BCUT2D eigenvalue weighted by Crippen LogP contribution is -2.47. The first-order chi connectivity index (χ1) is 11.6. The highest BCUT2D eigenvalue weighted by Gasteiger charge is 2.24. The third kappa shape index (κ3) is 4.04. The lowest BCUT2D eigenvalue weighted by molar-refractivity contribution is -0.132. The SMILES string of the molecule is CN(C)C1CCCN(C(=O)Cc2ccc(-c3ccccc3)cc2)C1. The van der Waals surface area contributed by atoms with Gasteiger partial charge in [0.25, 0.3) is 0 Å². The molecule has 1 atom stereocenters. The van der Waals surface area contributed by atoms with Gasteiger partial charge in [0.2, 0.25) is 5.91 Å². The molecular formula is C21H26N2O. The average Bonchev–Trinajstić information content (AvgIpc) is 2.63. The van der Waals surface area contributed by atoms with E-state index in [9.17, 15) is 4.79 Å². The van der Waals surface area contributed by atoms with Gasteiger partial charge in [-0.15, -0.1) is 0 Å². The summed E-state index contributed by atoms with van der Waals surface area (Å²) in [6.07, 6.45) is 2.78. The quantitative estimate of drug-likeness (QED) is 0.861. The van der Waals surface area contributed by atoms with Gasteiger partial charge in [0.1, 0.15) is 0 Å². The van der Waals surface area contributed by atoms with Gasteiger partial charge in [0.05, 0.1) is 6.42 Å². The molecule has 0 aromatic heterocycles. The third-order valence-corrected chi connectivity index (χ3v) is 4.90. The zero-order valence-electron chi connectivity index (χ0n) is 14.6. The summed E-state index contributed by atoms with van der Waals surface area (Å²) in [6, 6.07) is 19.2. The predicted octanol–water partition coefficient (Wildman–Crippen LogP) is 3.45. The van der Waals surface area contributed by atoms with Gasteiger partial charge in [-0.1, -0.05) is 54.6 Å². The molecule has 0 aliphatic carbocycles. The number of benzene rings is 2. The Labute approximate surface area is 144 Å². The van der Waals surface area contributed by atoms with Crippen LogP contribution in [0.25, 0.3) is 11.1 Å². The first-order valence-corrected chi connectivity index (χ1v) is 8.72. The van der Waals surface area contributed by atoms with Gasteiger partial charge in [-0.25, -0.2) is 0 Å². The number of likely N-dealkylation sites (N-methyl/N-ethyl adjacent to an activating group) is 1. The number of piperidine rings is 1. The van der Waals surface area contributed by atoms with Crippen LogP contribution in [0.15, 0.2) is 54.6 Å². The van der Waals surface area contributed by atoms with E-state index in [1.807, 2.05) is 23.1 Å². The third-order valence-electron chi connectivity index (χ3n) is 4.90. The summed E-state index contributed by atoms with van der Waals surface area (Å²) in [5, 5.41) is 0. The summed E-state index contributed by atoms with van der Waals surface area (Å²) in [7, 11) is 4.20. The minimum Gasteiger partial charge on any atom is -0.341 e. The van der Waals surface area contributed by atoms with Crippen LogP contribution in [0.5, 0.6) is 0 Å². The molecule has 0 radical (unpaired) electrons. The molecule has 0 saturated carbocycles. The highest BCUT2D eigenvalue weighted by molar-refractivity contribution is 5.79. The number of hydrogen-bond acceptors (Lipinski definition) is 2. The van der Waals surface area contributed by atoms with Crippen molar-refractivity contribution in [2.75, 3.05) is 27.2 Å². The Balaban J connectivity index is 1.62. The summed E-state index contributed by atoms with van der Waals surface area (Å²) in [4.78, 5) is 16.9. The maximum absolute atomic E-state index is 12.6. The van der Waals surface area contributed by atoms with Crippen molar-refractivity contribution < 1.29 is 4.79 Å². The molecule has 2 aromatic rings. The van der Waals surface area contributed by atoms with Gasteiger partial charge >= 0.3 is 0 Å². The Morgan fingerprint density at radius 2 is 1.71 bits per heavy atom. The van der Waals surface area contributed by atoms with Crippen molar-refractivity contribution in [1.82, 2.24) is 9.80 Å². The fraction of sp³-hybridized carbons (Fsp3) is 0.381. The van der Waals surface area contributed by atoms with E-state index >= 15 is 0 Å². The highest BCUT2D eigenvalue weighted by Crippen LogP contribution is 2.20. The van der Waals surface area contributed by atoms with Crippen molar-refractivity contribution in [2.24, 2.45) is 0 Å². The molecular weight excluding hydrogens is 296 g/mol. The molecule has 1 fully saturated rings. The topological polar surface area (TPSA) is 23.6 Å². The van der Waals surface area contributed by atoms with E-state index in [-0.39, 0.29) is 5.91 Å². The van der Waals surface area contributed by atoms with Crippen molar-refractivity contribution in [3.05, 3.63) is 60.2 Å². The normalized spacial score (nSPS) is 18.0. The van der Waals surface area contributed by atoms with Crippen LogP contribution in [0.1, 0.15) is 18.4 Å². The average molecular weight is 322 g/mol. The summed E-state index contributed by atoms with van der Waals surface area (Å²) < 4.78 is 0.